The fourth-order valence-corrected chi connectivity index (χ4v) is 4.35. The van der Waals surface area contributed by atoms with Crippen molar-refractivity contribution in [1.82, 2.24) is 19.9 Å². The second-order valence-corrected chi connectivity index (χ2v) is 11.7. The molecule has 0 radical (unpaired) electrons. The van der Waals surface area contributed by atoms with Crippen LogP contribution in [0, 0.1) is 6.92 Å². The molecule has 3 aromatic carbocycles. The average Bonchev–Trinajstić information content (AvgIpc) is 2.92. The average molecular weight is 514 g/mol. The molecule has 0 amide bonds. The highest BCUT2D eigenvalue weighted by Crippen LogP contribution is 2.29. The normalized spacial score (nSPS) is 12.0. The van der Waals surface area contributed by atoms with E-state index in [2.05, 4.69) is 76.2 Å². The number of pyridine rings is 1. The van der Waals surface area contributed by atoms with E-state index in [1.165, 1.54) is 11.1 Å². The molecule has 2 aromatic heterocycles. The van der Waals surface area contributed by atoms with Gasteiger partial charge in [0, 0.05) is 34.0 Å². The summed E-state index contributed by atoms with van der Waals surface area (Å²) in [6, 6.07) is 29.0. The Morgan fingerprint density at radius 3 is 1.38 bits per heavy atom. The van der Waals surface area contributed by atoms with E-state index in [1.807, 2.05) is 56.4 Å². The summed E-state index contributed by atoms with van der Waals surface area (Å²) in [5, 5.41) is 0. The van der Waals surface area contributed by atoms with Crippen LogP contribution >= 0.6 is 0 Å². The van der Waals surface area contributed by atoms with Gasteiger partial charge < -0.3 is 5.73 Å². The second kappa shape index (κ2) is 10.2. The van der Waals surface area contributed by atoms with Crippen LogP contribution in [0.3, 0.4) is 0 Å². The first-order valence-electron chi connectivity index (χ1n) is 13.3. The molecule has 39 heavy (non-hydrogen) atoms. The lowest BCUT2D eigenvalue weighted by atomic mass is 9.87. The summed E-state index contributed by atoms with van der Waals surface area (Å²) in [6.45, 7) is 12.7. The first kappa shape index (κ1) is 26.4. The first-order valence-corrected chi connectivity index (χ1v) is 13.3. The summed E-state index contributed by atoms with van der Waals surface area (Å²) < 4.78 is 0. The van der Waals surface area contributed by atoms with Gasteiger partial charge in [-0.3, -0.25) is 4.98 Å². The van der Waals surface area contributed by atoms with Gasteiger partial charge in [0.05, 0.1) is 5.69 Å². The van der Waals surface area contributed by atoms with E-state index in [9.17, 15) is 0 Å². The smallest absolute Gasteiger partial charge is 0.165 e. The van der Waals surface area contributed by atoms with Crippen LogP contribution in [0.25, 0.3) is 45.4 Å². The Balaban J connectivity index is 1.58. The van der Waals surface area contributed by atoms with Gasteiger partial charge in [-0.2, -0.15) is 0 Å². The molecule has 5 aromatic rings. The third kappa shape index (κ3) is 5.94. The van der Waals surface area contributed by atoms with Gasteiger partial charge in [-0.05, 0) is 49.4 Å². The number of benzene rings is 3. The summed E-state index contributed by atoms with van der Waals surface area (Å²) in [4.78, 5) is 19.4. The molecule has 196 valence electrons. The van der Waals surface area contributed by atoms with Gasteiger partial charge in [0.25, 0.3) is 0 Å². The van der Waals surface area contributed by atoms with Gasteiger partial charge in [-0.15, -0.1) is 0 Å². The van der Waals surface area contributed by atoms with E-state index < -0.39 is 5.54 Å². The lowest BCUT2D eigenvalue weighted by Crippen LogP contribution is -2.28. The van der Waals surface area contributed by atoms with Crippen LogP contribution < -0.4 is 5.73 Å². The molecule has 5 heteroatoms. The molecule has 0 bridgehead atoms. The third-order valence-electron chi connectivity index (χ3n) is 6.90. The lowest BCUT2D eigenvalue weighted by molar-refractivity contribution is 0.554. The topological polar surface area (TPSA) is 77.6 Å². The Morgan fingerprint density at radius 2 is 0.949 bits per heavy atom. The molecule has 0 fully saturated rings. The van der Waals surface area contributed by atoms with Crippen molar-refractivity contribution in [2.75, 3.05) is 0 Å². The predicted octanol–water partition coefficient (Wildman–Crippen LogP) is 7.73. The van der Waals surface area contributed by atoms with Crippen molar-refractivity contribution in [3.05, 3.63) is 108 Å². The van der Waals surface area contributed by atoms with Crippen LogP contribution in [-0.4, -0.2) is 19.9 Å². The number of hydrogen-bond donors (Lipinski definition) is 1. The maximum atomic E-state index is 6.30. The molecule has 0 aliphatic heterocycles. The maximum absolute atomic E-state index is 6.30. The quantitative estimate of drug-likeness (QED) is 0.260. The number of hydrogen-bond acceptors (Lipinski definition) is 5. The molecule has 2 heterocycles. The Labute approximate surface area is 231 Å². The zero-order valence-corrected chi connectivity index (χ0v) is 23.5. The standard InChI is InChI=1S/C34H35N5/c1-22-7-9-23(10-8-22)29-20-15-26(21-36-29)32-38-30(24-11-16-27(17-12-24)33(2,3)4)37-31(39-32)25-13-18-28(19-14-25)34(5,6)35/h7-21H,35H2,1-6H3. The molecule has 0 saturated heterocycles. The van der Waals surface area contributed by atoms with Crippen LogP contribution in [0.5, 0.6) is 0 Å². The van der Waals surface area contributed by atoms with Crippen molar-refractivity contribution in [3.63, 3.8) is 0 Å². The molecule has 0 aliphatic carbocycles. The van der Waals surface area contributed by atoms with E-state index in [-0.39, 0.29) is 5.41 Å². The lowest BCUT2D eigenvalue weighted by Gasteiger charge is -2.19. The summed E-state index contributed by atoms with van der Waals surface area (Å²) in [6.07, 6.45) is 1.83. The van der Waals surface area contributed by atoms with Crippen LogP contribution in [0.4, 0.5) is 0 Å². The molecule has 0 unspecified atom stereocenters. The van der Waals surface area contributed by atoms with Gasteiger partial charge in [0.2, 0.25) is 0 Å². The highest BCUT2D eigenvalue weighted by Gasteiger charge is 2.17. The molecule has 5 rings (SSSR count). The highest BCUT2D eigenvalue weighted by molar-refractivity contribution is 5.68. The van der Waals surface area contributed by atoms with E-state index in [1.54, 1.807) is 0 Å². The van der Waals surface area contributed by atoms with Gasteiger partial charge >= 0.3 is 0 Å². The van der Waals surface area contributed by atoms with E-state index in [4.69, 9.17) is 25.7 Å². The number of aryl methyl sites for hydroxylation is 1. The number of rotatable bonds is 5. The monoisotopic (exact) mass is 513 g/mol. The number of aromatic nitrogens is 4. The van der Waals surface area contributed by atoms with Crippen molar-refractivity contribution in [3.8, 4) is 45.4 Å². The van der Waals surface area contributed by atoms with Crippen molar-refractivity contribution in [2.24, 2.45) is 5.73 Å². The fourth-order valence-electron chi connectivity index (χ4n) is 4.35. The number of nitrogens with two attached hydrogens (primary N) is 1. The van der Waals surface area contributed by atoms with E-state index in [0.717, 1.165) is 33.5 Å². The van der Waals surface area contributed by atoms with Gasteiger partial charge in [0.15, 0.2) is 17.5 Å². The molecule has 0 atom stereocenters. The Hall–Kier alpha value is -4.22. The van der Waals surface area contributed by atoms with Gasteiger partial charge in [-0.1, -0.05) is 99.1 Å². The van der Waals surface area contributed by atoms with Gasteiger partial charge in [-0.25, -0.2) is 15.0 Å². The Bertz CT molecular complexity index is 1500. The second-order valence-electron chi connectivity index (χ2n) is 11.7. The molecular weight excluding hydrogens is 478 g/mol. The molecular formula is C34H35N5. The third-order valence-corrected chi connectivity index (χ3v) is 6.90. The minimum Gasteiger partial charge on any atom is -0.322 e. The van der Waals surface area contributed by atoms with Crippen molar-refractivity contribution < 1.29 is 0 Å². The molecule has 5 nitrogen and oxygen atoms in total. The summed E-state index contributed by atoms with van der Waals surface area (Å²) >= 11 is 0. The van der Waals surface area contributed by atoms with E-state index in [0.29, 0.717) is 17.5 Å². The zero-order chi connectivity index (χ0) is 27.8. The largest absolute Gasteiger partial charge is 0.322 e. The van der Waals surface area contributed by atoms with Crippen LogP contribution in [0.2, 0.25) is 0 Å². The Kier molecular flexibility index (Phi) is 6.87. The summed E-state index contributed by atoms with van der Waals surface area (Å²) in [7, 11) is 0. The summed E-state index contributed by atoms with van der Waals surface area (Å²) in [5.74, 6) is 1.82. The zero-order valence-electron chi connectivity index (χ0n) is 23.5. The maximum Gasteiger partial charge on any atom is 0.165 e. The van der Waals surface area contributed by atoms with Crippen molar-refractivity contribution in [1.29, 1.82) is 0 Å². The SMILES string of the molecule is Cc1ccc(-c2ccc(-c3nc(-c4ccc(C(C)(C)C)cc4)nc(-c4ccc(C(C)(C)N)cc4)n3)cn2)cc1. The van der Waals surface area contributed by atoms with Crippen molar-refractivity contribution in [2.45, 2.75) is 52.5 Å². The van der Waals surface area contributed by atoms with Crippen LogP contribution in [0.1, 0.15) is 51.3 Å². The Morgan fingerprint density at radius 1 is 0.513 bits per heavy atom. The predicted molar refractivity (Wildman–Crippen MR) is 160 cm³/mol. The van der Waals surface area contributed by atoms with Crippen LogP contribution in [0.15, 0.2) is 91.1 Å². The molecule has 0 aliphatic rings. The summed E-state index contributed by atoms with van der Waals surface area (Å²) in [5.41, 5.74) is 14.1. The first-order chi connectivity index (χ1) is 18.5. The number of nitrogens with zero attached hydrogens (tertiary/aromatic N) is 4. The molecule has 2 N–H and O–H groups in total. The van der Waals surface area contributed by atoms with Crippen molar-refractivity contribution >= 4 is 0 Å². The minimum atomic E-state index is -0.423. The fraction of sp³-hybridized carbons (Fsp3) is 0.235. The molecule has 0 saturated carbocycles. The van der Waals surface area contributed by atoms with Crippen LogP contribution in [-0.2, 0) is 11.0 Å². The highest BCUT2D eigenvalue weighted by atomic mass is 15.0. The van der Waals surface area contributed by atoms with Gasteiger partial charge in [0.1, 0.15) is 0 Å². The minimum absolute atomic E-state index is 0.0668. The van der Waals surface area contributed by atoms with E-state index >= 15 is 0 Å². The molecule has 0 spiro atoms.